The summed E-state index contributed by atoms with van der Waals surface area (Å²) in [7, 11) is 0. The van der Waals surface area contributed by atoms with Gasteiger partial charge < -0.3 is 19.6 Å². The molecule has 152 valence electrons. The summed E-state index contributed by atoms with van der Waals surface area (Å²) in [5.74, 6) is 1.83. The zero-order valence-corrected chi connectivity index (χ0v) is 17.2. The van der Waals surface area contributed by atoms with Crippen LogP contribution in [0.4, 0.5) is 5.82 Å². The van der Waals surface area contributed by atoms with Crippen molar-refractivity contribution in [1.82, 2.24) is 9.88 Å². The summed E-state index contributed by atoms with van der Waals surface area (Å²) in [5.41, 5.74) is 2.03. The molecule has 2 heterocycles. The minimum Gasteiger partial charge on any atom is -0.491 e. The van der Waals surface area contributed by atoms with Crippen LogP contribution >= 0.6 is 0 Å². The second-order valence-electron chi connectivity index (χ2n) is 7.66. The third-order valence-corrected chi connectivity index (χ3v) is 5.48. The molecule has 0 amide bonds. The molecular weight excluding hydrogens is 362 g/mol. The van der Waals surface area contributed by atoms with Gasteiger partial charge in [0.2, 0.25) is 0 Å². The van der Waals surface area contributed by atoms with Crippen molar-refractivity contribution in [1.29, 1.82) is 0 Å². The molecule has 3 aromatic rings. The highest BCUT2D eigenvalue weighted by molar-refractivity contribution is 5.95. The maximum atomic E-state index is 9.39. The van der Waals surface area contributed by atoms with Gasteiger partial charge in [0.25, 0.3) is 0 Å². The molecule has 0 bridgehead atoms. The Bertz CT molecular complexity index is 948. The van der Waals surface area contributed by atoms with Crippen molar-refractivity contribution in [2.24, 2.45) is 0 Å². The highest BCUT2D eigenvalue weighted by atomic mass is 16.5. The molecule has 1 aromatic heterocycles. The van der Waals surface area contributed by atoms with Crippen molar-refractivity contribution < 1.29 is 9.84 Å². The van der Waals surface area contributed by atoms with Gasteiger partial charge in [-0.15, -0.1) is 0 Å². The number of pyridine rings is 1. The lowest BCUT2D eigenvalue weighted by Gasteiger charge is -2.35. The molecule has 5 heteroatoms. The molecule has 1 fully saturated rings. The van der Waals surface area contributed by atoms with Gasteiger partial charge in [-0.3, -0.25) is 0 Å². The Balaban J connectivity index is 1.65. The summed E-state index contributed by atoms with van der Waals surface area (Å²) in [6, 6.07) is 18.6. The Morgan fingerprint density at radius 1 is 1.03 bits per heavy atom. The monoisotopic (exact) mass is 391 g/mol. The number of anilines is 1. The molecule has 5 nitrogen and oxygen atoms in total. The van der Waals surface area contributed by atoms with Crippen molar-refractivity contribution in [3.8, 4) is 17.0 Å². The first kappa shape index (κ1) is 19.7. The maximum Gasteiger partial charge on any atom is 0.137 e. The van der Waals surface area contributed by atoms with Crippen LogP contribution in [-0.2, 0) is 0 Å². The van der Waals surface area contributed by atoms with Gasteiger partial charge in [0.15, 0.2) is 0 Å². The van der Waals surface area contributed by atoms with Gasteiger partial charge in [-0.25, -0.2) is 4.98 Å². The molecule has 0 aliphatic carbocycles. The van der Waals surface area contributed by atoms with Crippen LogP contribution in [0.2, 0.25) is 0 Å². The molecule has 1 N–H and O–H groups in total. The van der Waals surface area contributed by atoms with Crippen molar-refractivity contribution in [3.63, 3.8) is 0 Å². The molecule has 1 aliphatic heterocycles. The highest BCUT2D eigenvalue weighted by Crippen LogP contribution is 2.31. The van der Waals surface area contributed by atoms with Crippen LogP contribution < -0.4 is 9.64 Å². The van der Waals surface area contributed by atoms with Crippen LogP contribution in [0.5, 0.6) is 5.75 Å². The summed E-state index contributed by atoms with van der Waals surface area (Å²) in [4.78, 5) is 9.97. The summed E-state index contributed by atoms with van der Waals surface area (Å²) in [6.45, 7) is 9.49. The summed E-state index contributed by atoms with van der Waals surface area (Å²) in [5, 5.41) is 11.8. The Morgan fingerprint density at radius 3 is 2.45 bits per heavy atom. The van der Waals surface area contributed by atoms with Gasteiger partial charge in [-0.2, -0.15) is 0 Å². The quantitative estimate of drug-likeness (QED) is 0.693. The lowest BCUT2D eigenvalue weighted by molar-refractivity contribution is 0.123. The van der Waals surface area contributed by atoms with Crippen LogP contribution in [-0.4, -0.2) is 60.4 Å². The van der Waals surface area contributed by atoms with E-state index in [1.54, 1.807) is 6.92 Å². The number of benzene rings is 2. The van der Waals surface area contributed by atoms with Crippen LogP contribution in [0.3, 0.4) is 0 Å². The first-order valence-corrected chi connectivity index (χ1v) is 10.4. The largest absolute Gasteiger partial charge is 0.491 e. The molecule has 2 aromatic carbocycles. The zero-order chi connectivity index (χ0) is 20.2. The maximum absolute atomic E-state index is 9.39. The van der Waals surface area contributed by atoms with Gasteiger partial charge in [0, 0.05) is 37.1 Å². The number of likely N-dealkylation sites (N-methyl/N-ethyl adjacent to an activating group) is 1. The van der Waals surface area contributed by atoms with Gasteiger partial charge in [0.05, 0.1) is 11.8 Å². The van der Waals surface area contributed by atoms with Crippen LogP contribution in [0.25, 0.3) is 22.0 Å². The summed E-state index contributed by atoms with van der Waals surface area (Å²) < 4.78 is 5.58. The second-order valence-corrected chi connectivity index (χ2v) is 7.66. The predicted molar refractivity (Wildman–Crippen MR) is 119 cm³/mol. The molecule has 29 heavy (non-hydrogen) atoms. The Labute approximate surface area is 172 Å². The van der Waals surface area contributed by atoms with E-state index in [-0.39, 0.29) is 0 Å². The number of rotatable bonds is 6. The fourth-order valence-electron chi connectivity index (χ4n) is 3.78. The highest BCUT2D eigenvalue weighted by Gasteiger charge is 2.19. The average Bonchev–Trinajstić information content (AvgIpc) is 2.77. The molecule has 0 radical (unpaired) electrons. The second kappa shape index (κ2) is 8.80. The number of fused-ring (bicyclic) bond motifs is 1. The number of aliphatic hydroxyl groups is 1. The lowest BCUT2D eigenvalue weighted by Crippen LogP contribution is -2.46. The van der Waals surface area contributed by atoms with Gasteiger partial charge in [-0.05, 0) is 49.2 Å². The van der Waals surface area contributed by atoms with Gasteiger partial charge in [-0.1, -0.05) is 31.2 Å². The van der Waals surface area contributed by atoms with Crippen LogP contribution in [0.15, 0.2) is 54.6 Å². The van der Waals surface area contributed by atoms with E-state index in [9.17, 15) is 5.11 Å². The van der Waals surface area contributed by atoms with E-state index in [2.05, 4.69) is 47.1 Å². The van der Waals surface area contributed by atoms with E-state index in [0.717, 1.165) is 55.5 Å². The van der Waals surface area contributed by atoms with Crippen molar-refractivity contribution in [3.05, 3.63) is 54.6 Å². The molecule has 1 saturated heterocycles. The Hall–Kier alpha value is -2.63. The zero-order valence-electron chi connectivity index (χ0n) is 17.2. The fourth-order valence-corrected chi connectivity index (χ4v) is 3.78. The van der Waals surface area contributed by atoms with E-state index >= 15 is 0 Å². The fraction of sp³-hybridized carbons (Fsp3) is 0.375. The smallest absolute Gasteiger partial charge is 0.137 e. The number of nitrogens with zero attached hydrogens (tertiary/aromatic N) is 3. The van der Waals surface area contributed by atoms with E-state index in [1.807, 2.05) is 24.3 Å². The summed E-state index contributed by atoms with van der Waals surface area (Å²) in [6.07, 6.45) is -0.479. The third kappa shape index (κ3) is 4.52. The molecule has 1 aliphatic rings. The normalized spacial score (nSPS) is 16.2. The molecule has 0 unspecified atom stereocenters. The van der Waals surface area contributed by atoms with Crippen LogP contribution in [0, 0.1) is 0 Å². The number of aliphatic hydroxyl groups excluding tert-OH is 1. The molecule has 1 atom stereocenters. The van der Waals surface area contributed by atoms with E-state index in [4.69, 9.17) is 9.72 Å². The SMILES string of the molecule is CCN1CCN(c2nc(-c3ccc(OC[C@@H](C)O)cc3)cc3ccccc23)CC1. The minimum atomic E-state index is -0.479. The standard InChI is InChI=1S/C24H29N3O2/c1-3-26-12-14-27(15-13-26)24-22-7-5-4-6-20(22)16-23(25-24)19-8-10-21(11-9-19)29-17-18(2)28/h4-11,16,18,28H,3,12-15,17H2,1-2H3/t18-/m1/s1. The number of ether oxygens (including phenoxy) is 1. The number of hydrogen-bond donors (Lipinski definition) is 1. The van der Waals surface area contributed by atoms with Gasteiger partial charge >= 0.3 is 0 Å². The van der Waals surface area contributed by atoms with Crippen molar-refractivity contribution in [2.45, 2.75) is 20.0 Å². The van der Waals surface area contributed by atoms with Crippen LogP contribution in [0.1, 0.15) is 13.8 Å². The van der Waals surface area contributed by atoms with Crippen molar-refractivity contribution >= 4 is 16.6 Å². The Kier molecular flexibility index (Phi) is 5.97. The van der Waals surface area contributed by atoms with Crippen molar-refractivity contribution in [2.75, 3.05) is 44.2 Å². The lowest BCUT2D eigenvalue weighted by atomic mass is 10.1. The molecule has 4 rings (SSSR count). The van der Waals surface area contributed by atoms with E-state index in [1.165, 1.54) is 10.8 Å². The first-order chi connectivity index (χ1) is 14.1. The topological polar surface area (TPSA) is 48.8 Å². The number of aromatic nitrogens is 1. The molecular formula is C24H29N3O2. The average molecular weight is 392 g/mol. The Morgan fingerprint density at radius 2 is 1.76 bits per heavy atom. The predicted octanol–water partition coefficient (Wildman–Crippen LogP) is 3.80. The van der Waals surface area contributed by atoms with E-state index < -0.39 is 6.10 Å². The summed E-state index contributed by atoms with van der Waals surface area (Å²) >= 11 is 0. The first-order valence-electron chi connectivity index (χ1n) is 10.4. The third-order valence-electron chi connectivity index (χ3n) is 5.48. The minimum absolute atomic E-state index is 0.293. The van der Waals surface area contributed by atoms with Gasteiger partial charge in [0.1, 0.15) is 18.2 Å². The molecule has 0 saturated carbocycles. The molecule has 0 spiro atoms. The number of hydrogen-bond acceptors (Lipinski definition) is 5. The number of piperazine rings is 1. The van der Waals surface area contributed by atoms with E-state index in [0.29, 0.717) is 6.61 Å².